The first kappa shape index (κ1) is 15.9. The maximum Gasteiger partial charge on any atom is 0.0558 e. The highest BCUT2D eigenvalue weighted by atomic mass is 16.3. The fourth-order valence-corrected chi connectivity index (χ4v) is 1.79. The van der Waals surface area contributed by atoms with Crippen LogP contribution in [0.1, 0.15) is 40.5 Å². The molecule has 0 bridgehead atoms. The van der Waals surface area contributed by atoms with Crippen molar-refractivity contribution in [2.24, 2.45) is 5.41 Å². The second kappa shape index (κ2) is 8.04. The predicted octanol–water partition coefficient (Wildman–Crippen LogP) is 1.71. The van der Waals surface area contributed by atoms with Gasteiger partial charge in [-0.15, -0.1) is 0 Å². The SMILES string of the molecule is CCCNC(CCN(C)CCO)C(C)(C)C. The summed E-state index contributed by atoms with van der Waals surface area (Å²) < 4.78 is 0. The number of nitrogens with one attached hydrogen (secondary N) is 1. The summed E-state index contributed by atoms with van der Waals surface area (Å²) in [5.74, 6) is 0. The van der Waals surface area contributed by atoms with E-state index in [1.54, 1.807) is 0 Å². The molecule has 0 aromatic heterocycles. The fourth-order valence-electron chi connectivity index (χ4n) is 1.79. The molecule has 0 aliphatic carbocycles. The molecule has 0 aromatic carbocycles. The monoisotopic (exact) mass is 230 g/mol. The second-order valence-electron chi connectivity index (χ2n) is 5.69. The molecule has 0 spiro atoms. The molecule has 0 saturated heterocycles. The maximum absolute atomic E-state index is 8.85. The van der Waals surface area contributed by atoms with E-state index >= 15 is 0 Å². The number of hydrogen-bond acceptors (Lipinski definition) is 3. The average molecular weight is 230 g/mol. The molecule has 0 amide bonds. The Morgan fingerprint density at radius 2 is 1.88 bits per heavy atom. The van der Waals surface area contributed by atoms with E-state index in [9.17, 15) is 0 Å². The van der Waals surface area contributed by atoms with E-state index in [0.29, 0.717) is 11.5 Å². The zero-order valence-corrected chi connectivity index (χ0v) is 11.7. The van der Waals surface area contributed by atoms with Gasteiger partial charge in [-0.1, -0.05) is 27.7 Å². The Morgan fingerprint density at radius 1 is 1.25 bits per heavy atom. The Hall–Kier alpha value is -0.120. The van der Waals surface area contributed by atoms with Crippen molar-refractivity contribution in [3.63, 3.8) is 0 Å². The van der Waals surface area contributed by atoms with E-state index in [-0.39, 0.29) is 6.61 Å². The van der Waals surface area contributed by atoms with Crippen LogP contribution < -0.4 is 5.32 Å². The molecule has 1 unspecified atom stereocenters. The molecule has 0 rings (SSSR count). The van der Waals surface area contributed by atoms with Gasteiger partial charge in [-0.05, 0) is 38.4 Å². The summed E-state index contributed by atoms with van der Waals surface area (Å²) in [5.41, 5.74) is 0.301. The lowest BCUT2D eigenvalue weighted by atomic mass is 9.84. The van der Waals surface area contributed by atoms with Gasteiger partial charge < -0.3 is 15.3 Å². The van der Waals surface area contributed by atoms with Gasteiger partial charge >= 0.3 is 0 Å². The standard InChI is InChI=1S/C13H30N2O/c1-6-8-14-12(13(2,3)4)7-9-15(5)10-11-16/h12,14,16H,6-11H2,1-5H3. The number of nitrogens with zero attached hydrogens (tertiary/aromatic N) is 1. The Bertz CT molecular complexity index is 166. The fraction of sp³-hybridized carbons (Fsp3) is 1.00. The van der Waals surface area contributed by atoms with Crippen molar-refractivity contribution in [3.05, 3.63) is 0 Å². The van der Waals surface area contributed by atoms with Gasteiger partial charge in [-0.3, -0.25) is 0 Å². The van der Waals surface area contributed by atoms with Gasteiger partial charge in [-0.2, -0.15) is 0 Å². The minimum absolute atomic E-state index is 0.249. The summed E-state index contributed by atoms with van der Waals surface area (Å²) in [6, 6.07) is 0.550. The highest BCUT2D eigenvalue weighted by Gasteiger charge is 2.23. The molecule has 0 saturated carbocycles. The van der Waals surface area contributed by atoms with Crippen LogP contribution in [0, 0.1) is 5.41 Å². The second-order valence-corrected chi connectivity index (χ2v) is 5.69. The minimum Gasteiger partial charge on any atom is -0.395 e. The van der Waals surface area contributed by atoms with Gasteiger partial charge in [-0.25, -0.2) is 0 Å². The van der Waals surface area contributed by atoms with Crippen molar-refractivity contribution in [1.82, 2.24) is 10.2 Å². The largest absolute Gasteiger partial charge is 0.395 e. The lowest BCUT2D eigenvalue weighted by molar-refractivity contribution is 0.192. The Labute approximate surface area is 101 Å². The molecule has 0 heterocycles. The Morgan fingerprint density at radius 3 is 2.31 bits per heavy atom. The quantitative estimate of drug-likeness (QED) is 0.666. The first-order valence-corrected chi connectivity index (χ1v) is 6.44. The van der Waals surface area contributed by atoms with Crippen LogP contribution in [0.4, 0.5) is 0 Å². The Kier molecular flexibility index (Phi) is 7.98. The zero-order valence-electron chi connectivity index (χ0n) is 11.7. The molecule has 0 aromatic rings. The van der Waals surface area contributed by atoms with Gasteiger partial charge in [0.2, 0.25) is 0 Å². The van der Waals surface area contributed by atoms with Crippen LogP contribution in [0.15, 0.2) is 0 Å². The molecule has 1 atom stereocenters. The normalized spacial score (nSPS) is 14.4. The van der Waals surface area contributed by atoms with Gasteiger partial charge in [0.15, 0.2) is 0 Å². The van der Waals surface area contributed by atoms with Crippen LogP contribution in [0.2, 0.25) is 0 Å². The van der Waals surface area contributed by atoms with Crippen molar-refractivity contribution in [2.75, 3.05) is 33.3 Å². The third kappa shape index (κ3) is 7.20. The third-order valence-electron chi connectivity index (χ3n) is 2.97. The number of aliphatic hydroxyl groups is 1. The summed E-state index contributed by atoms with van der Waals surface area (Å²) in [7, 11) is 2.07. The molecule has 0 radical (unpaired) electrons. The molecular formula is C13H30N2O. The van der Waals surface area contributed by atoms with Crippen molar-refractivity contribution in [2.45, 2.75) is 46.6 Å². The van der Waals surface area contributed by atoms with Crippen LogP contribution >= 0.6 is 0 Å². The highest BCUT2D eigenvalue weighted by Crippen LogP contribution is 2.21. The molecule has 3 nitrogen and oxygen atoms in total. The predicted molar refractivity (Wildman–Crippen MR) is 70.7 cm³/mol. The maximum atomic E-state index is 8.85. The van der Waals surface area contributed by atoms with Crippen molar-refractivity contribution < 1.29 is 5.11 Å². The van der Waals surface area contributed by atoms with Crippen LogP contribution in [0.3, 0.4) is 0 Å². The number of rotatable bonds is 8. The van der Waals surface area contributed by atoms with Gasteiger partial charge in [0.1, 0.15) is 0 Å². The summed E-state index contributed by atoms with van der Waals surface area (Å²) in [6.45, 7) is 12.2. The van der Waals surface area contributed by atoms with E-state index in [1.165, 1.54) is 6.42 Å². The van der Waals surface area contributed by atoms with E-state index in [2.05, 4.69) is 45.0 Å². The number of aliphatic hydroxyl groups excluding tert-OH is 1. The van der Waals surface area contributed by atoms with E-state index in [4.69, 9.17) is 5.11 Å². The summed E-state index contributed by atoms with van der Waals surface area (Å²) >= 11 is 0. The van der Waals surface area contributed by atoms with Crippen LogP contribution in [-0.4, -0.2) is 49.3 Å². The average Bonchev–Trinajstić information content (AvgIpc) is 2.16. The van der Waals surface area contributed by atoms with Crippen molar-refractivity contribution in [3.8, 4) is 0 Å². The number of likely N-dealkylation sites (N-methyl/N-ethyl adjacent to an activating group) is 1. The molecule has 3 heteroatoms. The lowest BCUT2D eigenvalue weighted by Crippen LogP contribution is -2.43. The Balaban J connectivity index is 4.01. The van der Waals surface area contributed by atoms with Gasteiger partial charge in [0.05, 0.1) is 6.61 Å². The summed E-state index contributed by atoms with van der Waals surface area (Å²) in [4.78, 5) is 2.19. The van der Waals surface area contributed by atoms with E-state index < -0.39 is 0 Å². The van der Waals surface area contributed by atoms with Crippen LogP contribution in [0.25, 0.3) is 0 Å². The smallest absolute Gasteiger partial charge is 0.0558 e. The first-order chi connectivity index (χ1) is 7.41. The topological polar surface area (TPSA) is 35.5 Å². The molecule has 2 N–H and O–H groups in total. The summed E-state index contributed by atoms with van der Waals surface area (Å²) in [6.07, 6.45) is 2.32. The molecule has 0 aliphatic heterocycles. The van der Waals surface area contributed by atoms with Crippen molar-refractivity contribution in [1.29, 1.82) is 0 Å². The first-order valence-electron chi connectivity index (χ1n) is 6.44. The van der Waals surface area contributed by atoms with Gasteiger partial charge in [0.25, 0.3) is 0 Å². The minimum atomic E-state index is 0.249. The molecule has 0 fully saturated rings. The van der Waals surface area contributed by atoms with Crippen molar-refractivity contribution >= 4 is 0 Å². The van der Waals surface area contributed by atoms with Gasteiger partial charge in [0, 0.05) is 12.6 Å². The van der Waals surface area contributed by atoms with E-state index in [1.807, 2.05) is 0 Å². The van der Waals surface area contributed by atoms with E-state index in [0.717, 1.165) is 26.1 Å². The van der Waals surface area contributed by atoms with Crippen LogP contribution in [-0.2, 0) is 0 Å². The molecule has 16 heavy (non-hydrogen) atoms. The lowest BCUT2D eigenvalue weighted by Gasteiger charge is -2.33. The molecule has 98 valence electrons. The highest BCUT2D eigenvalue weighted by molar-refractivity contribution is 4.81. The third-order valence-corrected chi connectivity index (χ3v) is 2.97. The zero-order chi connectivity index (χ0) is 12.6. The number of hydrogen-bond donors (Lipinski definition) is 2. The molecular weight excluding hydrogens is 200 g/mol. The molecule has 0 aliphatic rings. The summed E-state index contributed by atoms with van der Waals surface area (Å²) in [5, 5.41) is 12.5. The van der Waals surface area contributed by atoms with Crippen LogP contribution in [0.5, 0.6) is 0 Å².